The van der Waals surface area contributed by atoms with Crippen molar-refractivity contribution in [3.8, 4) is 11.5 Å². The van der Waals surface area contributed by atoms with Crippen molar-refractivity contribution >= 4 is 23.0 Å². The molecule has 0 saturated heterocycles. The zero-order chi connectivity index (χ0) is 18.6. The van der Waals surface area contributed by atoms with Gasteiger partial charge in [-0.2, -0.15) is 11.3 Å². The first-order valence-corrected chi connectivity index (χ1v) is 10.1. The second-order valence-corrected chi connectivity index (χ2v) is 8.14. The maximum Gasteiger partial charge on any atom is 0.339 e. The molecule has 27 heavy (non-hydrogen) atoms. The zero-order valence-electron chi connectivity index (χ0n) is 15.3. The minimum absolute atomic E-state index is 0.0541. The van der Waals surface area contributed by atoms with E-state index >= 15 is 0 Å². The Morgan fingerprint density at radius 2 is 2.26 bits per heavy atom. The molecule has 6 heteroatoms. The Labute approximate surface area is 162 Å². The molecule has 0 saturated carbocycles. The molecule has 1 aromatic carbocycles. The molecule has 0 amide bonds. The van der Waals surface area contributed by atoms with Gasteiger partial charge in [-0.3, -0.25) is 0 Å². The molecule has 2 aromatic rings. The molecule has 3 atom stereocenters. The summed E-state index contributed by atoms with van der Waals surface area (Å²) < 4.78 is 17.7. The Balaban J connectivity index is 1.49. The molecule has 2 aliphatic heterocycles. The van der Waals surface area contributed by atoms with E-state index in [1.54, 1.807) is 13.2 Å². The highest BCUT2D eigenvalue weighted by Gasteiger charge is 2.54. The van der Waals surface area contributed by atoms with Gasteiger partial charge in [-0.15, -0.1) is 0 Å². The van der Waals surface area contributed by atoms with Crippen molar-refractivity contribution in [1.29, 1.82) is 0 Å². The van der Waals surface area contributed by atoms with Crippen LogP contribution in [0.1, 0.15) is 28.8 Å². The molecular formula is C21H21NO4S. The van der Waals surface area contributed by atoms with E-state index < -0.39 is 0 Å². The van der Waals surface area contributed by atoms with Gasteiger partial charge in [0.05, 0.1) is 18.1 Å². The number of carbonyl (C=O) groups is 1. The normalized spacial score (nSPS) is 27.6. The highest BCUT2D eigenvalue weighted by molar-refractivity contribution is 7.08. The van der Waals surface area contributed by atoms with Crippen LogP contribution in [0.4, 0.5) is 5.69 Å². The quantitative estimate of drug-likeness (QED) is 0.596. The first-order valence-electron chi connectivity index (χ1n) is 9.14. The van der Waals surface area contributed by atoms with Crippen molar-refractivity contribution in [2.24, 2.45) is 0 Å². The van der Waals surface area contributed by atoms with Crippen molar-refractivity contribution in [3.63, 3.8) is 0 Å². The maximum absolute atomic E-state index is 12.3. The van der Waals surface area contributed by atoms with Gasteiger partial charge in [0.1, 0.15) is 12.2 Å². The molecule has 1 unspecified atom stereocenters. The maximum atomic E-state index is 12.3. The van der Waals surface area contributed by atoms with Gasteiger partial charge in [-0.05, 0) is 36.1 Å². The lowest BCUT2D eigenvalue weighted by atomic mass is 9.67. The number of nitrogens with zero attached hydrogens (tertiary/aromatic N) is 1. The standard InChI is InChI=1S/C21H21NO4S/c1-22-9-8-21-7-5-14(25-20(23)13-6-10-27-12-13)11-17(21)26-19-16(24-2)4-3-15(22)18(19)21/h3-7,10,12,14,17H,8-9,11H2,1-2H3/t14-,17?,21-/m0/s1. The Kier molecular flexibility index (Phi) is 3.72. The topological polar surface area (TPSA) is 48.0 Å². The van der Waals surface area contributed by atoms with E-state index in [2.05, 4.69) is 24.1 Å². The number of rotatable bonds is 3. The molecule has 1 aliphatic carbocycles. The van der Waals surface area contributed by atoms with E-state index in [0.29, 0.717) is 12.0 Å². The van der Waals surface area contributed by atoms with Crippen LogP contribution in [-0.2, 0) is 10.2 Å². The van der Waals surface area contributed by atoms with E-state index in [9.17, 15) is 4.79 Å². The number of anilines is 1. The molecule has 0 radical (unpaired) electrons. The van der Waals surface area contributed by atoms with Crippen LogP contribution in [0.3, 0.4) is 0 Å². The number of thiophene rings is 1. The second-order valence-electron chi connectivity index (χ2n) is 7.36. The van der Waals surface area contributed by atoms with E-state index in [1.807, 2.05) is 22.9 Å². The third-order valence-electron chi connectivity index (χ3n) is 5.96. The molecule has 0 fully saturated rings. The number of benzene rings is 1. The van der Waals surface area contributed by atoms with Crippen LogP contribution in [0.15, 0.2) is 41.1 Å². The molecular weight excluding hydrogens is 362 g/mol. The fourth-order valence-corrected chi connectivity index (χ4v) is 5.17. The van der Waals surface area contributed by atoms with Gasteiger partial charge < -0.3 is 19.1 Å². The van der Waals surface area contributed by atoms with E-state index in [0.717, 1.165) is 24.5 Å². The Morgan fingerprint density at radius 1 is 1.37 bits per heavy atom. The summed E-state index contributed by atoms with van der Waals surface area (Å²) in [4.78, 5) is 14.6. The Bertz CT molecular complexity index is 923. The predicted octanol–water partition coefficient (Wildman–Crippen LogP) is 3.78. The number of carbonyl (C=O) groups excluding carboxylic acids is 1. The van der Waals surface area contributed by atoms with Gasteiger partial charge >= 0.3 is 5.97 Å². The van der Waals surface area contributed by atoms with Crippen molar-refractivity contribution in [2.75, 3.05) is 25.6 Å². The molecule has 1 aromatic heterocycles. The van der Waals surface area contributed by atoms with E-state index in [-0.39, 0.29) is 23.6 Å². The van der Waals surface area contributed by atoms with Gasteiger partial charge in [-0.25, -0.2) is 4.79 Å². The molecule has 0 N–H and O–H groups in total. The van der Waals surface area contributed by atoms with Crippen LogP contribution >= 0.6 is 11.3 Å². The summed E-state index contributed by atoms with van der Waals surface area (Å²) in [6.07, 6.45) is 5.52. The summed E-state index contributed by atoms with van der Waals surface area (Å²) in [6, 6.07) is 5.87. The number of methoxy groups -OCH3 is 1. The highest BCUT2D eigenvalue weighted by atomic mass is 32.1. The smallest absolute Gasteiger partial charge is 0.339 e. The summed E-state index contributed by atoms with van der Waals surface area (Å²) >= 11 is 1.49. The van der Waals surface area contributed by atoms with Gasteiger partial charge in [0, 0.05) is 36.6 Å². The summed E-state index contributed by atoms with van der Waals surface area (Å²) in [6.45, 7) is 0.961. The lowest BCUT2D eigenvalue weighted by molar-refractivity contribution is 0.0222. The summed E-state index contributed by atoms with van der Waals surface area (Å²) in [5.74, 6) is 1.32. The highest BCUT2D eigenvalue weighted by Crippen LogP contribution is 2.58. The molecule has 3 aliphatic rings. The summed E-state index contributed by atoms with van der Waals surface area (Å²) in [5.41, 5.74) is 2.83. The van der Waals surface area contributed by atoms with Crippen molar-refractivity contribution in [2.45, 2.75) is 30.5 Å². The first-order chi connectivity index (χ1) is 13.1. The summed E-state index contributed by atoms with van der Waals surface area (Å²) in [5, 5.41) is 3.69. The van der Waals surface area contributed by atoms with Crippen LogP contribution in [0.2, 0.25) is 0 Å². The van der Waals surface area contributed by atoms with Crippen molar-refractivity contribution < 1.29 is 19.0 Å². The Morgan fingerprint density at radius 3 is 3.04 bits per heavy atom. The van der Waals surface area contributed by atoms with Crippen LogP contribution in [0.5, 0.6) is 11.5 Å². The van der Waals surface area contributed by atoms with Gasteiger partial charge in [0.15, 0.2) is 11.5 Å². The second kappa shape index (κ2) is 6.02. The largest absolute Gasteiger partial charge is 0.493 e. The predicted molar refractivity (Wildman–Crippen MR) is 104 cm³/mol. The van der Waals surface area contributed by atoms with Crippen LogP contribution < -0.4 is 14.4 Å². The fraction of sp³-hybridized carbons (Fsp3) is 0.381. The number of hydrogen-bond acceptors (Lipinski definition) is 6. The lowest BCUT2D eigenvalue weighted by Gasteiger charge is -2.42. The van der Waals surface area contributed by atoms with Crippen molar-refractivity contribution in [3.05, 3.63) is 52.2 Å². The number of hydrogen-bond donors (Lipinski definition) is 0. The van der Waals surface area contributed by atoms with Gasteiger partial charge in [0.25, 0.3) is 0 Å². The van der Waals surface area contributed by atoms with Crippen LogP contribution in [0, 0.1) is 0 Å². The summed E-state index contributed by atoms with van der Waals surface area (Å²) in [7, 11) is 3.78. The van der Waals surface area contributed by atoms with E-state index in [1.165, 1.54) is 22.6 Å². The third kappa shape index (κ3) is 2.39. The molecule has 1 spiro atoms. The lowest BCUT2D eigenvalue weighted by Crippen LogP contribution is -2.47. The van der Waals surface area contributed by atoms with E-state index in [4.69, 9.17) is 14.2 Å². The van der Waals surface area contributed by atoms with Crippen LogP contribution in [0.25, 0.3) is 0 Å². The minimum Gasteiger partial charge on any atom is -0.493 e. The van der Waals surface area contributed by atoms with Crippen LogP contribution in [-0.4, -0.2) is 38.9 Å². The zero-order valence-corrected chi connectivity index (χ0v) is 16.1. The SMILES string of the molecule is COc1ccc2c3c1OC1C[C@@H](OC(=O)c4ccsc4)C=C[C@@]31CCN2C. The molecule has 140 valence electrons. The van der Waals surface area contributed by atoms with Gasteiger partial charge in [-0.1, -0.05) is 6.08 Å². The molecule has 5 nitrogen and oxygen atoms in total. The molecule has 0 bridgehead atoms. The average Bonchev–Trinajstić information content (AvgIpc) is 3.32. The monoisotopic (exact) mass is 383 g/mol. The van der Waals surface area contributed by atoms with Crippen molar-refractivity contribution in [1.82, 2.24) is 0 Å². The minimum atomic E-state index is -0.281. The molecule has 5 rings (SSSR count). The number of esters is 1. The molecule has 3 heterocycles. The number of ether oxygens (including phenoxy) is 3. The average molecular weight is 383 g/mol. The Hall–Kier alpha value is -2.47. The third-order valence-corrected chi connectivity index (χ3v) is 6.64. The first kappa shape index (κ1) is 16.7. The van der Waals surface area contributed by atoms with Gasteiger partial charge in [0.2, 0.25) is 0 Å². The fourth-order valence-electron chi connectivity index (χ4n) is 4.54.